The van der Waals surface area contributed by atoms with Crippen molar-refractivity contribution in [2.45, 2.75) is 0 Å². The molecule has 0 bridgehead atoms. The predicted octanol–water partition coefficient (Wildman–Crippen LogP) is 1.30. The Hall–Kier alpha value is -3.95. The van der Waals surface area contributed by atoms with E-state index in [0.29, 0.717) is 17.1 Å². The smallest absolute Gasteiger partial charge is 0.313 e. The summed E-state index contributed by atoms with van der Waals surface area (Å²) in [5, 5.41) is 17.6. The summed E-state index contributed by atoms with van der Waals surface area (Å²) in [7, 11) is 1.50. The maximum Gasteiger partial charge on any atom is 0.313 e. The number of methoxy groups -OCH3 is 1. The number of hydrogen-bond donors (Lipinski definition) is 3. The Balaban J connectivity index is 1.80. The number of nitrogens with zero attached hydrogens (tertiary/aromatic N) is 1. The van der Waals surface area contributed by atoms with Crippen LogP contribution in [0.3, 0.4) is 0 Å². The number of carbonyl (C=O) groups excluding carboxylic acids is 3. The van der Waals surface area contributed by atoms with E-state index in [-0.39, 0.29) is 5.69 Å². The molecule has 0 aromatic heterocycles. The van der Waals surface area contributed by atoms with Crippen molar-refractivity contribution in [2.75, 3.05) is 24.3 Å². The molecule has 0 radical (unpaired) electrons. The van der Waals surface area contributed by atoms with Crippen LogP contribution in [-0.4, -0.2) is 36.3 Å². The SMILES string of the molecule is COc1ccc(NC(=O)C(=O)NCC(=O)Nc2ccc([N+](=O)[O-])cc2)cc1. The highest BCUT2D eigenvalue weighted by atomic mass is 16.6. The van der Waals surface area contributed by atoms with Gasteiger partial charge in [0.25, 0.3) is 5.69 Å². The van der Waals surface area contributed by atoms with E-state index in [1.54, 1.807) is 24.3 Å². The van der Waals surface area contributed by atoms with E-state index in [2.05, 4.69) is 16.0 Å². The van der Waals surface area contributed by atoms with E-state index in [9.17, 15) is 24.5 Å². The topological polar surface area (TPSA) is 140 Å². The number of rotatable bonds is 6. The summed E-state index contributed by atoms with van der Waals surface area (Å²) in [6.45, 7) is -0.439. The van der Waals surface area contributed by atoms with Crippen molar-refractivity contribution in [3.8, 4) is 5.75 Å². The Morgan fingerprint density at radius 3 is 2.04 bits per heavy atom. The zero-order valence-electron chi connectivity index (χ0n) is 14.2. The Bertz CT molecular complexity index is 849. The van der Waals surface area contributed by atoms with Crippen LogP contribution in [0, 0.1) is 10.1 Å². The molecule has 0 heterocycles. The normalized spacial score (nSPS) is 9.81. The minimum Gasteiger partial charge on any atom is -0.497 e. The molecular weight excluding hydrogens is 356 g/mol. The molecule has 0 atom stereocenters. The van der Waals surface area contributed by atoms with E-state index in [1.807, 2.05) is 0 Å². The molecule has 10 nitrogen and oxygen atoms in total. The number of anilines is 2. The van der Waals surface area contributed by atoms with Crippen LogP contribution in [0.1, 0.15) is 0 Å². The highest BCUT2D eigenvalue weighted by molar-refractivity contribution is 6.39. The number of non-ortho nitro benzene ring substituents is 1. The van der Waals surface area contributed by atoms with Crippen LogP contribution >= 0.6 is 0 Å². The molecule has 0 saturated carbocycles. The summed E-state index contributed by atoms with van der Waals surface area (Å²) < 4.78 is 4.98. The Morgan fingerprint density at radius 1 is 0.926 bits per heavy atom. The average Bonchev–Trinajstić information content (AvgIpc) is 2.67. The van der Waals surface area contributed by atoms with Crippen LogP contribution < -0.4 is 20.7 Å². The maximum absolute atomic E-state index is 11.8. The third-order valence-corrected chi connectivity index (χ3v) is 3.33. The Morgan fingerprint density at radius 2 is 1.48 bits per heavy atom. The molecule has 3 N–H and O–H groups in total. The van der Waals surface area contributed by atoms with Gasteiger partial charge in [-0.15, -0.1) is 0 Å². The second kappa shape index (κ2) is 8.94. The fraction of sp³-hybridized carbons (Fsp3) is 0.118. The third kappa shape index (κ3) is 5.81. The van der Waals surface area contributed by atoms with Crippen LogP contribution in [0.15, 0.2) is 48.5 Å². The molecule has 0 spiro atoms. The van der Waals surface area contributed by atoms with Gasteiger partial charge in [0.05, 0.1) is 18.6 Å². The lowest BCUT2D eigenvalue weighted by atomic mass is 10.3. The van der Waals surface area contributed by atoms with Gasteiger partial charge in [0, 0.05) is 23.5 Å². The van der Waals surface area contributed by atoms with E-state index in [0.717, 1.165) is 0 Å². The highest BCUT2D eigenvalue weighted by Crippen LogP contribution is 2.15. The molecule has 0 unspecified atom stereocenters. The molecule has 0 aliphatic carbocycles. The van der Waals surface area contributed by atoms with E-state index in [1.165, 1.54) is 31.4 Å². The van der Waals surface area contributed by atoms with Crippen molar-refractivity contribution in [1.82, 2.24) is 5.32 Å². The number of hydrogen-bond acceptors (Lipinski definition) is 6. The molecule has 27 heavy (non-hydrogen) atoms. The molecule has 2 aromatic rings. The molecule has 10 heteroatoms. The monoisotopic (exact) mass is 372 g/mol. The molecule has 0 aliphatic rings. The van der Waals surface area contributed by atoms with Gasteiger partial charge in [0.1, 0.15) is 5.75 Å². The number of benzene rings is 2. The second-order valence-electron chi connectivity index (χ2n) is 5.22. The lowest BCUT2D eigenvalue weighted by molar-refractivity contribution is -0.384. The molecule has 0 fully saturated rings. The van der Waals surface area contributed by atoms with Crippen LogP contribution in [0.4, 0.5) is 17.1 Å². The first-order valence-corrected chi connectivity index (χ1v) is 7.66. The average molecular weight is 372 g/mol. The van der Waals surface area contributed by atoms with Gasteiger partial charge in [-0.05, 0) is 36.4 Å². The van der Waals surface area contributed by atoms with E-state index in [4.69, 9.17) is 4.74 Å². The summed E-state index contributed by atoms with van der Waals surface area (Å²) in [4.78, 5) is 45.3. The fourth-order valence-corrected chi connectivity index (χ4v) is 1.97. The van der Waals surface area contributed by atoms with Gasteiger partial charge < -0.3 is 20.7 Å². The first kappa shape index (κ1) is 19.4. The summed E-state index contributed by atoms with van der Waals surface area (Å²) in [6, 6.07) is 11.5. The van der Waals surface area contributed by atoms with Crippen molar-refractivity contribution < 1.29 is 24.0 Å². The highest BCUT2D eigenvalue weighted by Gasteiger charge is 2.15. The number of carbonyl (C=O) groups is 3. The van der Waals surface area contributed by atoms with Crippen LogP contribution in [0.25, 0.3) is 0 Å². The maximum atomic E-state index is 11.8. The predicted molar refractivity (Wildman–Crippen MR) is 96.4 cm³/mol. The van der Waals surface area contributed by atoms with Gasteiger partial charge in [0.15, 0.2) is 0 Å². The van der Waals surface area contributed by atoms with Gasteiger partial charge in [0.2, 0.25) is 5.91 Å². The summed E-state index contributed by atoms with van der Waals surface area (Å²) in [6.07, 6.45) is 0. The number of nitro groups is 1. The van der Waals surface area contributed by atoms with Crippen molar-refractivity contribution in [3.63, 3.8) is 0 Å². The van der Waals surface area contributed by atoms with Gasteiger partial charge in [-0.1, -0.05) is 0 Å². The molecule has 0 saturated heterocycles. The quantitative estimate of drug-likeness (QED) is 0.397. The number of amides is 3. The summed E-state index contributed by atoms with van der Waals surface area (Å²) in [5.41, 5.74) is 0.602. The third-order valence-electron chi connectivity index (χ3n) is 3.33. The first-order chi connectivity index (χ1) is 12.9. The van der Waals surface area contributed by atoms with E-state index < -0.39 is 29.2 Å². The van der Waals surface area contributed by atoms with Crippen molar-refractivity contribution in [2.24, 2.45) is 0 Å². The minimum absolute atomic E-state index is 0.114. The van der Waals surface area contributed by atoms with Gasteiger partial charge >= 0.3 is 11.8 Å². The molecule has 140 valence electrons. The van der Waals surface area contributed by atoms with Crippen molar-refractivity contribution in [1.29, 1.82) is 0 Å². The molecular formula is C17H16N4O6. The number of nitrogens with one attached hydrogen (secondary N) is 3. The number of nitro benzene ring substituents is 1. The van der Waals surface area contributed by atoms with Crippen molar-refractivity contribution in [3.05, 3.63) is 58.6 Å². The van der Waals surface area contributed by atoms with Crippen LogP contribution in [0.2, 0.25) is 0 Å². The zero-order valence-corrected chi connectivity index (χ0v) is 14.2. The second-order valence-corrected chi connectivity index (χ2v) is 5.22. The summed E-state index contributed by atoms with van der Waals surface area (Å²) in [5.74, 6) is -1.90. The van der Waals surface area contributed by atoms with Gasteiger partial charge in [-0.2, -0.15) is 0 Å². The largest absolute Gasteiger partial charge is 0.497 e. The van der Waals surface area contributed by atoms with E-state index >= 15 is 0 Å². The van der Waals surface area contributed by atoms with Crippen LogP contribution in [0.5, 0.6) is 5.75 Å². The van der Waals surface area contributed by atoms with Gasteiger partial charge in [-0.3, -0.25) is 24.5 Å². The molecule has 0 aliphatic heterocycles. The lowest BCUT2D eigenvalue weighted by Crippen LogP contribution is -2.39. The zero-order chi connectivity index (χ0) is 19.8. The minimum atomic E-state index is -0.982. The Kier molecular flexibility index (Phi) is 6.42. The fourth-order valence-electron chi connectivity index (χ4n) is 1.97. The van der Waals surface area contributed by atoms with Crippen LogP contribution in [-0.2, 0) is 14.4 Å². The summed E-state index contributed by atoms with van der Waals surface area (Å²) >= 11 is 0. The lowest BCUT2D eigenvalue weighted by Gasteiger charge is -2.08. The van der Waals surface area contributed by atoms with Gasteiger partial charge in [-0.25, -0.2) is 0 Å². The standard InChI is InChI=1S/C17H16N4O6/c1-27-14-8-4-12(5-9-14)20-17(24)16(23)18-10-15(22)19-11-2-6-13(7-3-11)21(25)26/h2-9H,10H2,1H3,(H,18,23)(H,19,22)(H,20,24). The molecule has 3 amide bonds. The van der Waals surface area contributed by atoms with Crippen molar-refractivity contribution >= 4 is 34.8 Å². The first-order valence-electron chi connectivity index (χ1n) is 7.66. The molecule has 2 aromatic carbocycles. The Labute approximate surface area is 153 Å². The number of ether oxygens (including phenoxy) is 1. The molecule has 2 rings (SSSR count).